The molecule has 0 aliphatic carbocycles. The Labute approximate surface area is 108 Å². The van der Waals surface area contributed by atoms with Crippen molar-refractivity contribution >= 4 is 5.97 Å². The van der Waals surface area contributed by atoms with Crippen molar-refractivity contribution in [1.29, 1.82) is 0 Å². The number of carbonyl (C=O) groups is 1. The van der Waals surface area contributed by atoms with Gasteiger partial charge >= 0.3 is 5.97 Å². The topological polar surface area (TPSA) is 35.5 Å². The van der Waals surface area contributed by atoms with E-state index in [4.69, 9.17) is 9.47 Å². The Morgan fingerprint density at radius 1 is 1.33 bits per heavy atom. The zero-order valence-corrected chi connectivity index (χ0v) is 11.0. The maximum atomic E-state index is 11.6. The molecule has 0 heterocycles. The van der Waals surface area contributed by atoms with Crippen LogP contribution in [0.25, 0.3) is 0 Å². The molecule has 98 valence electrons. The first-order valence-electron chi connectivity index (χ1n) is 6.24. The van der Waals surface area contributed by atoms with Crippen molar-refractivity contribution in [1.82, 2.24) is 0 Å². The van der Waals surface area contributed by atoms with Crippen LogP contribution in [-0.2, 0) is 9.53 Å². The summed E-state index contributed by atoms with van der Waals surface area (Å²) in [6, 6.07) is 9.26. The fourth-order valence-corrected chi connectivity index (χ4v) is 1.44. The Hall–Kier alpha value is -1.77. The molecule has 0 aliphatic heterocycles. The Morgan fingerprint density at radius 2 is 2.00 bits per heavy atom. The number of hydrogen-bond acceptors (Lipinski definition) is 3. The highest BCUT2D eigenvalue weighted by Crippen LogP contribution is 2.13. The largest absolute Gasteiger partial charge is 0.455 e. The number of esters is 1. The maximum Gasteiger partial charge on any atom is 0.336 e. The second kappa shape index (κ2) is 7.54. The molecule has 0 bridgehead atoms. The summed E-state index contributed by atoms with van der Waals surface area (Å²) in [5.41, 5.74) is 0.500. The van der Waals surface area contributed by atoms with Gasteiger partial charge in [0.2, 0.25) is 6.29 Å². The summed E-state index contributed by atoms with van der Waals surface area (Å²) in [6.45, 7) is 7.48. The molecule has 0 N–H and O–H groups in total. The lowest BCUT2D eigenvalue weighted by atomic mass is 10.1. The van der Waals surface area contributed by atoms with Crippen LogP contribution in [0, 0.1) is 0 Å². The molecule has 0 saturated carbocycles. The molecule has 1 aromatic rings. The third kappa shape index (κ3) is 5.04. The minimum absolute atomic E-state index is 0.383. The highest BCUT2D eigenvalue weighted by atomic mass is 16.7. The van der Waals surface area contributed by atoms with Gasteiger partial charge in [-0.05, 0) is 25.0 Å². The van der Waals surface area contributed by atoms with Crippen molar-refractivity contribution in [3.63, 3.8) is 0 Å². The molecule has 1 atom stereocenters. The normalized spacial score (nSPS) is 11.7. The van der Waals surface area contributed by atoms with Crippen LogP contribution in [0.15, 0.2) is 42.5 Å². The number of ether oxygens (including phenoxy) is 2. The minimum Gasteiger partial charge on any atom is -0.455 e. The number of carbonyl (C=O) groups excluding carboxylic acids is 1. The van der Waals surface area contributed by atoms with Gasteiger partial charge < -0.3 is 9.47 Å². The monoisotopic (exact) mass is 248 g/mol. The van der Waals surface area contributed by atoms with E-state index < -0.39 is 6.29 Å². The van der Waals surface area contributed by atoms with Crippen LogP contribution < -0.4 is 4.74 Å². The molecule has 0 aromatic heterocycles. The predicted molar refractivity (Wildman–Crippen MR) is 71.3 cm³/mol. The summed E-state index contributed by atoms with van der Waals surface area (Å²) in [5.74, 6) is 0.295. The lowest BCUT2D eigenvalue weighted by molar-refractivity contribution is -0.156. The molecule has 1 aromatic carbocycles. The summed E-state index contributed by atoms with van der Waals surface area (Å²) >= 11 is 0. The molecule has 18 heavy (non-hydrogen) atoms. The lowest BCUT2D eigenvalue weighted by Crippen LogP contribution is -2.21. The van der Waals surface area contributed by atoms with Crippen LogP contribution in [0.4, 0.5) is 0 Å². The summed E-state index contributed by atoms with van der Waals surface area (Å²) < 4.78 is 10.6. The molecule has 0 spiro atoms. The van der Waals surface area contributed by atoms with E-state index in [1.807, 2.05) is 30.3 Å². The zero-order valence-electron chi connectivity index (χ0n) is 11.0. The number of hydrogen-bond donors (Lipinski definition) is 0. The minimum atomic E-state index is -0.613. The fourth-order valence-electron chi connectivity index (χ4n) is 1.44. The molecule has 0 radical (unpaired) electrons. The molecule has 1 rings (SSSR count). The Bertz CT molecular complexity index is 384. The SMILES string of the molecule is C=C(CCCC)C(=O)OC(C)Oc1ccccc1. The number of para-hydroxylation sites is 1. The molecule has 3 heteroatoms. The Balaban J connectivity index is 2.38. The highest BCUT2D eigenvalue weighted by Gasteiger charge is 2.13. The predicted octanol–water partition coefficient (Wildman–Crippen LogP) is 3.70. The molecular weight excluding hydrogens is 228 g/mol. The lowest BCUT2D eigenvalue weighted by Gasteiger charge is -2.15. The molecule has 0 aliphatic rings. The van der Waals surface area contributed by atoms with Crippen molar-refractivity contribution in [2.24, 2.45) is 0 Å². The Morgan fingerprint density at radius 3 is 2.61 bits per heavy atom. The third-order valence-corrected chi connectivity index (χ3v) is 2.44. The third-order valence-electron chi connectivity index (χ3n) is 2.44. The van der Waals surface area contributed by atoms with Gasteiger partial charge in [-0.25, -0.2) is 4.79 Å². The highest BCUT2D eigenvalue weighted by molar-refractivity contribution is 5.87. The van der Waals surface area contributed by atoms with Crippen LogP contribution in [0.5, 0.6) is 5.75 Å². The van der Waals surface area contributed by atoms with Crippen molar-refractivity contribution in [3.8, 4) is 5.75 Å². The van der Waals surface area contributed by atoms with E-state index in [1.54, 1.807) is 6.92 Å². The van der Waals surface area contributed by atoms with E-state index in [1.165, 1.54) is 0 Å². The first-order chi connectivity index (χ1) is 8.63. The number of benzene rings is 1. The van der Waals surface area contributed by atoms with Gasteiger partial charge in [0, 0.05) is 12.5 Å². The van der Waals surface area contributed by atoms with Crippen LogP contribution >= 0.6 is 0 Å². The first-order valence-corrected chi connectivity index (χ1v) is 6.24. The van der Waals surface area contributed by atoms with Gasteiger partial charge in [0.25, 0.3) is 0 Å². The zero-order chi connectivity index (χ0) is 13.4. The average Bonchev–Trinajstić information content (AvgIpc) is 2.36. The summed E-state index contributed by atoms with van der Waals surface area (Å²) in [6.07, 6.45) is 2.04. The van der Waals surface area contributed by atoms with Gasteiger partial charge in [-0.15, -0.1) is 0 Å². The molecule has 3 nitrogen and oxygen atoms in total. The molecule has 1 unspecified atom stereocenters. The van der Waals surface area contributed by atoms with Crippen molar-refractivity contribution in [2.75, 3.05) is 0 Å². The number of unbranched alkanes of at least 4 members (excludes halogenated alkanes) is 1. The van der Waals surface area contributed by atoms with Gasteiger partial charge in [-0.1, -0.05) is 38.1 Å². The van der Waals surface area contributed by atoms with Gasteiger partial charge in [0.15, 0.2) is 0 Å². The maximum absolute atomic E-state index is 11.6. The van der Waals surface area contributed by atoms with E-state index in [9.17, 15) is 4.79 Å². The van der Waals surface area contributed by atoms with E-state index in [0.717, 1.165) is 12.8 Å². The van der Waals surface area contributed by atoms with Crippen molar-refractivity contribution in [3.05, 3.63) is 42.5 Å². The molecule has 0 saturated heterocycles. The second-order valence-corrected chi connectivity index (χ2v) is 4.11. The summed E-state index contributed by atoms with van der Waals surface area (Å²) in [7, 11) is 0. The van der Waals surface area contributed by atoms with Gasteiger partial charge in [0.05, 0.1) is 0 Å². The molecule has 0 fully saturated rings. The summed E-state index contributed by atoms with van der Waals surface area (Å²) in [4.78, 5) is 11.6. The van der Waals surface area contributed by atoms with E-state index in [0.29, 0.717) is 17.7 Å². The molecule has 0 amide bonds. The van der Waals surface area contributed by atoms with E-state index in [2.05, 4.69) is 13.5 Å². The van der Waals surface area contributed by atoms with E-state index in [-0.39, 0.29) is 5.97 Å². The van der Waals surface area contributed by atoms with E-state index >= 15 is 0 Å². The first kappa shape index (κ1) is 14.3. The van der Waals surface area contributed by atoms with Crippen molar-refractivity contribution in [2.45, 2.75) is 39.4 Å². The van der Waals surface area contributed by atoms with Crippen LogP contribution in [0.3, 0.4) is 0 Å². The van der Waals surface area contributed by atoms with Gasteiger partial charge in [0.1, 0.15) is 5.75 Å². The van der Waals surface area contributed by atoms with Crippen LogP contribution in [0.1, 0.15) is 33.1 Å². The summed E-state index contributed by atoms with van der Waals surface area (Å²) in [5, 5.41) is 0. The van der Waals surface area contributed by atoms with Crippen LogP contribution in [-0.4, -0.2) is 12.3 Å². The standard InChI is InChI=1S/C15H20O3/c1-4-5-9-12(2)15(16)18-13(3)17-14-10-7-6-8-11-14/h6-8,10-11,13H,2,4-5,9H2,1,3H3. The average molecular weight is 248 g/mol. The van der Waals surface area contributed by atoms with Gasteiger partial charge in [-0.3, -0.25) is 0 Å². The smallest absolute Gasteiger partial charge is 0.336 e. The fraction of sp³-hybridized carbons (Fsp3) is 0.400. The second-order valence-electron chi connectivity index (χ2n) is 4.11. The number of rotatable bonds is 7. The van der Waals surface area contributed by atoms with Crippen molar-refractivity contribution < 1.29 is 14.3 Å². The Kier molecular flexibility index (Phi) is 5.98. The molecular formula is C15H20O3. The van der Waals surface area contributed by atoms with Gasteiger partial charge in [-0.2, -0.15) is 0 Å². The quantitative estimate of drug-likeness (QED) is 0.419. The van der Waals surface area contributed by atoms with Crippen LogP contribution in [0.2, 0.25) is 0 Å².